The standard InChI is InChI=1S/C68H45NO/c1-4-20-48(21-5-1)67(61-31-14-10-27-55(61)56-28-11-15-32-62(56)67)51-36-38-52(39-37-51)69(53-26-18-19-46(43-53)47-35-42-66-60(44-47)59-30-13-17-34-65(59)70-66)54-40-41-58-57-29-12-16-33-63(57)68(64(58)45-54,49-22-6-2-7-23-49)50-24-8-3-9-25-50/h1-45H. The largest absolute Gasteiger partial charge is 0.456 e. The zero-order chi connectivity index (χ0) is 46.2. The Labute approximate surface area is 408 Å². The summed E-state index contributed by atoms with van der Waals surface area (Å²) in [5, 5.41) is 2.24. The summed E-state index contributed by atoms with van der Waals surface area (Å²) in [6, 6.07) is 101. The third-order valence-corrected chi connectivity index (χ3v) is 15.2. The molecular weight excluding hydrogens is 847 g/mol. The Morgan fingerprint density at radius 1 is 0.257 bits per heavy atom. The summed E-state index contributed by atoms with van der Waals surface area (Å²) >= 11 is 0. The summed E-state index contributed by atoms with van der Waals surface area (Å²) in [6.45, 7) is 0. The van der Waals surface area contributed by atoms with Crippen molar-refractivity contribution in [2.45, 2.75) is 10.8 Å². The maximum atomic E-state index is 6.27. The van der Waals surface area contributed by atoms with Crippen LogP contribution in [0, 0.1) is 0 Å². The molecule has 0 saturated carbocycles. The number of hydrogen-bond acceptors (Lipinski definition) is 2. The minimum Gasteiger partial charge on any atom is -0.456 e. The number of nitrogens with zero attached hydrogens (tertiary/aromatic N) is 1. The van der Waals surface area contributed by atoms with Crippen molar-refractivity contribution in [3.8, 4) is 33.4 Å². The van der Waals surface area contributed by atoms with E-state index in [1.54, 1.807) is 0 Å². The van der Waals surface area contributed by atoms with E-state index >= 15 is 0 Å². The molecule has 0 aliphatic heterocycles. The lowest BCUT2D eigenvalue weighted by Crippen LogP contribution is -2.29. The molecule has 0 bridgehead atoms. The molecule has 11 aromatic carbocycles. The Morgan fingerprint density at radius 3 is 1.30 bits per heavy atom. The van der Waals surface area contributed by atoms with Gasteiger partial charge in [-0.1, -0.05) is 218 Å². The van der Waals surface area contributed by atoms with Gasteiger partial charge in [0.15, 0.2) is 0 Å². The minimum atomic E-state index is -0.546. The van der Waals surface area contributed by atoms with Crippen molar-refractivity contribution < 1.29 is 4.42 Å². The topological polar surface area (TPSA) is 16.4 Å². The molecule has 0 radical (unpaired) electrons. The lowest BCUT2D eigenvalue weighted by Gasteiger charge is -2.35. The second kappa shape index (κ2) is 15.8. The summed E-state index contributed by atoms with van der Waals surface area (Å²) in [6.07, 6.45) is 0. The summed E-state index contributed by atoms with van der Waals surface area (Å²) in [7, 11) is 0. The normalized spacial score (nSPS) is 13.7. The van der Waals surface area contributed by atoms with Crippen LogP contribution in [0.5, 0.6) is 0 Å². The third-order valence-electron chi connectivity index (χ3n) is 15.2. The van der Waals surface area contributed by atoms with E-state index in [9.17, 15) is 0 Å². The second-order valence-corrected chi connectivity index (χ2v) is 18.7. The molecule has 0 atom stereocenters. The van der Waals surface area contributed by atoms with E-state index in [1.807, 2.05) is 12.1 Å². The van der Waals surface area contributed by atoms with Crippen molar-refractivity contribution in [2.75, 3.05) is 4.90 Å². The van der Waals surface area contributed by atoms with Crippen LogP contribution in [0.25, 0.3) is 55.3 Å². The Balaban J connectivity index is 0.992. The van der Waals surface area contributed by atoms with Gasteiger partial charge in [0.2, 0.25) is 0 Å². The quantitative estimate of drug-likeness (QED) is 0.151. The van der Waals surface area contributed by atoms with Crippen LogP contribution in [0.2, 0.25) is 0 Å². The van der Waals surface area contributed by atoms with E-state index < -0.39 is 10.8 Å². The van der Waals surface area contributed by atoms with Crippen molar-refractivity contribution in [2.24, 2.45) is 0 Å². The molecule has 1 aromatic heterocycles. The molecule has 2 aliphatic rings. The fraction of sp³-hybridized carbons (Fsp3) is 0.0294. The molecule has 0 unspecified atom stereocenters. The Hall–Kier alpha value is -8.98. The fourth-order valence-electron chi connectivity index (χ4n) is 12.3. The first-order valence-corrected chi connectivity index (χ1v) is 24.2. The molecule has 70 heavy (non-hydrogen) atoms. The summed E-state index contributed by atoms with van der Waals surface area (Å²) in [4.78, 5) is 2.45. The average molecular weight is 892 g/mol. The van der Waals surface area contributed by atoms with E-state index in [0.717, 1.165) is 50.1 Å². The van der Waals surface area contributed by atoms with Crippen LogP contribution in [0.1, 0.15) is 44.5 Å². The second-order valence-electron chi connectivity index (χ2n) is 18.7. The summed E-state index contributed by atoms with van der Waals surface area (Å²) < 4.78 is 6.27. The van der Waals surface area contributed by atoms with Gasteiger partial charge in [-0.05, 0) is 132 Å². The van der Waals surface area contributed by atoms with Gasteiger partial charge in [0.1, 0.15) is 11.2 Å². The van der Waals surface area contributed by atoms with E-state index in [0.29, 0.717) is 0 Å². The van der Waals surface area contributed by atoms with Crippen molar-refractivity contribution in [3.05, 3.63) is 317 Å². The highest BCUT2D eigenvalue weighted by molar-refractivity contribution is 6.06. The molecule has 0 spiro atoms. The van der Waals surface area contributed by atoms with E-state index in [2.05, 4.69) is 266 Å². The summed E-state index contributed by atoms with van der Waals surface area (Å²) in [5.41, 5.74) is 21.4. The number of hydrogen-bond donors (Lipinski definition) is 0. The maximum absolute atomic E-state index is 6.27. The molecule has 2 nitrogen and oxygen atoms in total. The molecule has 12 aromatic rings. The van der Waals surface area contributed by atoms with E-state index in [4.69, 9.17) is 4.42 Å². The van der Waals surface area contributed by atoms with Gasteiger partial charge in [-0.15, -0.1) is 0 Å². The van der Waals surface area contributed by atoms with E-state index in [1.165, 1.54) is 66.8 Å². The number of furan rings is 1. The lowest BCUT2D eigenvalue weighted by atomic mass is 9.67. The van der Waals surface area contributed by atoms with Crippen LogP contribution >= 0.6 is 0 Å². The molecule has 2 aliphatic carbocycles. The van der Waals surface area contributed by atoms with Crippen molar-refractivity contribution in [1.82, 2.24) is 0 Å². The lowest BCUT2D eigenvalue weighted by molar-refractivity contribution is 0.669. The van der Waals surface area contributed by atoms with Crippen molar-refractivity contribution in [3.63, 3.8) is 0 Å². The smallest absolute Gasteiger partial charge is 0.135 e. The van der Waals surface area contributed by atoms with Crippen LogP contribution in [-0.4, -0.2) is 0 Å². The third kappa shape index (κ3) is 5.80. The van der Waals surface area contributed by atoms with Crippen LogP contribution in [0.4, 0.5) is 17.1 Å². The monoisotopic (exact) mass is 891 g/mol. The zero-order valence-corrected chi connectivity index (χ0v) is 38.3. The molecule has 0 saturated heterocycles. The summed E-state index contributed by atoms with van der Waals surface area (Å²) in [5.74, 6) is 0. The van der Waals surface area contributed by atoms with Crippen LogP contribution < -0.4 is 4.90 Å². The number of anilines is 3. The molecule has 0 fully saturated rings. The van der Waals surface area contributed by atoms with Crippen LogP contribution in [-0.2, 0) is 10.8 Å². The molecule has 2 heteroatoms. The number of fused-ring (bicyclic) bond motifs is 9. The van der Waals surface area contributed by atoms with Gasteiger partial charge in [-0.3, -0.25) is 0 Å². The Bertz CT molecular complexity index is 3860. The van der Waals surface area contributed by atoms with Gasteiger partial charge in [0.05, 0.1) is 10.8 Å². The first-order valence-electron chi connectivity index (χ1n) is 24.2. The first-order chi connectivity index (χ1) is 34.7. The molecule has 328 valence electrons. The van der Waals surface area contributed by atoms with Gasteiger partial charge in [-0.25, -0.2) is 0 Å². The van der Waals surface area contributed by atoms with Gasteiger partial charge in [0, 0.05) is 27.8 Å². The first kappa shape index (κ1) is 40.1. The number of benzene rings is 11. The molecule has 14 rings (SSSR count). The number of para-hydroxylation sites is 1. The van der Waals surface area contributed by atoms with Crippen molar-refractivity contribution in [1.29, 1.82) is 0 Å². The average Bonchev–Trinajstić information content (AvgIpc) is 4.07. The Morgan fingerprint density at radius 2 is 0.700 bits per heavy atom. The predicted molar refractivity (Wildman–Crippen MR) is 288 cm³/mol. The van der Waals surface area contributed by atoms with Crippen LogP contribution in [0.15, 0.2) is 277 Å². The SMILES string of the molecule is c1ccc(C2(c3ccc(N(c4cccc(-c5ccc6oc7ccccc7c6c5)c4)c4ccc5c(c4)C(c4ccccc4)(c4ccccc4)c4ccccc4-5)cc3)c3ccccc3-c3ccccc32)cc1. The van der Waals surface area contributed by atoms with Crippen LogP contribution in [0.3, 0.4) is 0 Å². The number of rotatable bonds is 8. The molecule has 1 heterocycles. The highest BCUT2D eigenvalue weighted by atomic mass is 16.3. The fourth-order valence-corrected chi connectivity index (χ4v) is 12.3. The predicted octanol–water partition coefficient (Wildman–Crippen LogP) is 17.4. The molecule has 0 amide bonds. The van der Waals surface area contributed by atoms with E-state index in [-0.39, 0.29) is 0 Å². The van der Waals surface area contributed by atoms with Gasteiger partial charge >= 0.3 is 0 Å². The van der Waals surface area contributed by atoms with Crippen molar-refractivity contribution >= 4 is 39.0 Å². The highest BCUT2D eigenvalue weighted by Gasteiger charge is 2.47. The molecule has 0 N–H and O–H groups in total. The Kier molecular flexibility index (Phi) is 9.06. The van der Waals surface area contributed by atoms with Gasteiger partial charge < -0.3 is 9.32 Å². The zero-order valence-electron chi connectivity index (χ0n) is 38.3. The maximum Gasteiger partial charge on any atom is 0.135 e. The highest BCUT2D eigenvalue weighted by Crippen LogP contribution is 2.59. The minimum absolute atomic E-state index is 0.502. The van der Waals surface area contributed by atoms with Gasteiger partial charge in [0.25, 0.3) is 0 Å². The molecular formula is C68H45NO. The van der Waals surface area contributed by atoms with Gasteiger partial charge in [-0.2, -0.15) is 0 Å².